The van der Waals surface area contributed by atoms with Crippen molar-refractivity contribution in [2.45, 2.75) is 18.9 Å². The fourth-order valence-corrected chi connectivity index (χ4v) is 0.937. The quantitative estimate of drug-likeness (QED) is 0.494. The number of primary amides is 1. The molecule has 0 aliphatic heterocycles. The number of halogens is 1. The van der Waals surface area contributed by atoms with Crippen molar-refractivity contribution in [3.8, 4) is 0 Å². The number of carboxylic acid groups (broad SMARTS) is 1. The summed E-state index contributed by atoms with van der Waals surface area (Å²) in [7, 11) is 0. The molecule has 0 bridgehead atoms. The number of carboxylic acids is 1. The summed E-state index contributed by atoms with van der Waals surface area (Å²) in [6.45, 7) is 0.400. The zero-order valence-electron chi connectivity index (χ0n) is 7.12. The summed E-state index contributed by atoms with van der Waals surface area (Å²) in [5.74, 6) is -1.16. The SMILES string of the molecule is NC(=O)CC[C@H](NCCCl)C(=O)O. The lowest BCUT2D eigenvalue weighted by atomic mass is 10.1. The van der Waals surface area contributed by atoms with Crippen LogP contribution in [0.1, 0.15) is 12.8 Å². The van der Waals surface area contributed by atoms with Gasteiger partial charge in [0.2, 0.25) is 5.91 Å². The molecule has 0 aromatic rings. The third-order valence-electron chi connectivity index (χ3n) is 1.46. The molecule has 0 saturated heterocycles. The number of amides is 1. The fraction of sp³-hybridized carbons (Fsp3) is 0.714. The number of rotatable bonds is 7. The van der Waals surface area contributed by atoms with Gasteiger partial charge in [-0.1, -0.05) is 0 Å². The van der Waals surface area contributed by atoms with E-state index < -0.39 is 17.9 Å². The molecule has 0 unspecified atom stereocenters. The Hall–Kier alpha value is -0.810. The molecule has 0 fully saturated rings. The third kappa shape index (κ3) is 6.36. The van der Waals surface area contributed by atoms with Crippen molar-refractivity contribution >= 4 is 23.5 Å². The molecular formula is C7H13ClN2O3. The number of carbonyl (C=O) groups excluding carboxylic acids is 1. The van der Waals surface area contributed by atoms with E-state index >= 15 is 0 Å². The molecule has 13 heavy (non-hydrogen) atoms. The summed E-state index contributed by atoms with van der Waals surface area (Å²) in [6.07, 6.45) is 0.258. The summed E-state index contributed by atoms with van der Waals surface area (Å²) in [5, 5.41) is 11.3. The Bertz CT molecular complexity index is 187. The van der Waals surface area contributed by atoms with Gasteiger partial charge in [0.15, 0.2) is 0 Å². The van der Waals surface area contributed by atoms with Crippen molar-refractivity contribution < 1.29 is 14.7 Å². The van der Waals surface area contributed by atoms with Crippen LogP contribution in [0.2, 0.25) is 0 Å². The van der Waals surface area contributed by atoms with E-state index in [1.54, 1.807) is 0 Å². The molecule has 0 aromatic carbocycles. The molecule has 1 amide bonds. The van der Waals surface area contributed by atoms with Crippen LogP contribution in [0.3, 0.4) is 0 Å². The highest BCUT2D eigenvalue weighted by Crippen LogP contribution is 1.96. The van der Waals surface area contributed by atoms with Crippen LogP contribution < -0.4 is 11.1 Å². The highest BCUT2D eigenvalue weighted by Gasteiger charge is 2.16. The van der Waals surface area contributed by atoms with Gasteiger partial charge in [0.1, 0.15) is 6.04 Å². The van der Waals surface area contributed by atoms with Gasteiger partial charge in [0.25, 0.3) is 0 Å². The molecule has 0 rings (SSSR count). The number of hydrogen-bond donors (Lipinski definition) is 3. The van der Waals surface area contributed by atoms with Crippen LogP contribution in [0.25, 0.3) is 0 Å². The molecule has 1 atom stereocenters. The van der Waals surface area contributed by atoms with Crippen LogP contribution in [-0.2, 0) is 9.59 Å². The lowest BCUT2D eigenvalue weighted by molar-refractivity contribution is -0.139. The number of hydrogen-bond acceptors (Lipinski definition) is 3. The van der Waals surface area contributed by atoms with Gasteiger partial charge in [-0.2, -0.15) is 0 Å². The van der Waals surface area contributed by atoms with Crippen molar-refractivity contribution in [1.82, 2.24) is 5.32 Å². The number of nitrogens with one attached hydrogen (secondary N) is 1. The highest BCUT2D eigenvalue weighted by molar-refractivity contribution is 6.18. The summed E-state index contributed by atoms with van der Waals surface area (Å²) < 4.78 is 0. The zero-order chi connectivity index (χ0) is 10.3. The molecule has 0 saturated carbocycles. The van der Waals surface area contributed by atoms with Gasteiger partial charge in [-0.3, -0.25) is 9.59 Å². The first kappa shape index (κ1) is 12.2. The second-order valence-corrected chi connectivity index (χ2v) is 2.92. The standard InChI is InChI=1S/C7H13ClN2O3/c8-3-4-10-5(7(12)13)1-2-6(9)11/h5,10H,1-4H2,(H2,9,11)(H,12,13)/t5-/m0/s1. The van der Waals surface area contributed by atoms with Crippen molar-refractivity contribution in [1.29, 1.82) is 0 Å². The molecule has 0 aromatic heterocycles. The molecule has 0 aliphatic carbocycles. The number of nitrogens with two attached hydrogens (primary N) is 1. The summed E-state index contributed by atoms with van der Waals surface area (Å²) in [5.41, 5.74) is 4.88. The van der Waals surface area contributed by atoms with Gasteiger partial charge in [-0.05, 0) is 6.42 Å². The Balaban J connectivity index is 3.80. The Morgan fingerprint density at radius 1 is 1.54 bits per heavy atom. The summed E-state index contributed by atoms with van der Waals surface area (Å²) in [4.78, 5) is 20.9. The Morgan fingerprint density at radius 2 is 2.15 bits per heavy atom. The largest absolute Gasteiger partial charge is 0.480 e. The van der Waals surface area contributed by atoms with Crippen molar-refractivity contribution in [3.63, 3.8) is 0 Å². The average Bonchev–Trinajstić information content (AvgIpc) is 2.03. The molecule has 0 aliphatic rings. The maximum absolute atomic E-state index is 10.6. The molecule has 4 N–H and O–H groups in total. The molecule has 0 heterocycles. The van der Waals surface area contributed by atoms with E-state index in [0.29, 0.717) is 12.4 Å². The van der Waals surface area contributed by atoms with Crippen LogP contribution in [-0.4, -0.2) is 35.4 Å². The minimum Gasteiger partial charge on any atom is -0.480 e. The van der Waals surface area contributed by atoms with E-state index in [0.717, 1.165) is 0 Å². The van der Waals surface area contributed by atoms with Gasteiger partial charge in [0, 0.05) is 18.8 Å². The first-order valence-corrected chi connectivity index (χ1v) is 4.42. The highest BCUT2D eigenvalue weighted by atomic mass is 35.5. The topological polar surface area (TPSA) is 92.4 Å². The lowest BCUT2D eigenvalue weighted by Gasteiger charge is -2.11. The Kier molecular flexibility index (Phi) is 6.26. The van der Waals surface area contributed by atoms with Gasteiger partial charge in [-0.25, -0.2) is 0 Å². The van der Waals surface area contributed by atoms with Crippen LogP contribution in [0.15, 0.2) is 0 Å². The van der Waals surface area contributed by atoms with E-state index in [1.807, 2.05) is 0 Å². The second-order valence-electron chi connectivity index (χ2n) is 2.54. The van der Waals surface area contributed by atoms with E-state index in [2.05, 4.69) is 5.32 Å². The summed E-state index contributed by atoms with van der Waals surface area (Å²) in [6, 6.07) is -0.744. The van der Waals surface area contributed by atoms with Gasteiger partial charge in [0.05, 0.1) is 0 Å². The van der Waals surface area contributed by atoms with Crippen LogP contribution >= 0.6 is 11.6 Å². The second kappa shape index (κ2) is 6.68. The minimum absolute atomic E-state index is 0.0618. The normalized spacial score (nSPS) is 12.4. The maximum Gasteiger partial charge on any atom is 0.320 e. The van der Waals surface area contributed by atoms with Crippen molar-refractivity contribution in [3.05, 3.63) is 0 Å². The predicted molar refractivity (Wildman–Crippen MR) is 48.6 cm³/mol. The first-order valence-electron chi connectivity index (χ1n) is 3.88. The zero-order valence-corrected chi connectivity index (χ0v) is 7.88. The van der Waals surface area contributed by atoms with Crippen LogP contribution in [0, 0.1) is 0 Å². The van der Waals surface area contributed by atoms with E-state index in [9.17, 15) is 9.59 Å². The Morgan fingerprint density at radius 3 is 2.54 bits per heavy atom. The molecule has 6 heteroatoms. The predicted octanol–water partition coefficient (Wildman–Crippen LogP) is -0.467. The fourth-order valence-electron chi connectivity index (χ4n) is 0.828. The molecule has 76 valence electrons. The van der Waals surface area contributed by atoms with Gasteiger partial charge >= 0.3 is 5.97 Å². The maximum atomic E-state index is 10.6. The molecule has 0 spiro atoms. The van der Waals surface area contributed by atoms with Gasteiger partial charge < -0.3 is 16.2 Å². The number of alkyl halides is 1. The van der Waals surface area contributed by atoms with E-state index in [4.69, 9.17) is 22.4 Å². The lowest BCUT2D eigenvalue weighted by Crippen LogP contribution is -2.38. The average molecular weight is 209 g/mol. The monoisotopic (exact) mass is 208 g/mol. The molecular weight excluding hydrogens is 196 g/mol. The third-order valence-corrected chi connectivity index (χ3v) is 1.65. The van der Waals surface area contributed by atoms with E-state index in [-0.39, 0.29) is 12.8 Å². The molecule has 0 radical (unpaired) electrons. The van der Waals surface area contributed by atoms with E-state index in [1.165, 1.54) is 0 Å². The first-order chi connectivity index (χ1) is 6.07. The van der Waals surface area contributed by atoms with Crippen LogP contribution in [0.5, 0.6) is 0 Å². The molecule has 5 nitrogen and oxygen atoms in total. The smallest absolute Gasteiger partial charge is 0.320 e. The van der Waals surface area contributed by atoms with Crippen molar-refractivity contribution in [2.24, 2.45) is 5.73 Å². The minimum atomic E-state index is -0.994. The van der Waals surface area contributed by atoms with Gasteiger partial charge in [-0.15, -0.1) is 11.6 Å². The number of aliphatic carboxylic acids is 1. The number of carbonyl (C=O) groups is 2. The van der Waals surface area contributed by atoms with Crippen molar-refractivity contribution in [2.75, 3.05) is 12.4 Å². The Labute approximate surface area is 81.2 Å². The van der Waals surface area contributed by atoms with Crippen LogP contribution in [0.4, 0.5) is 0 Å². The summed E-state index contributed by atoms with van der Waals surface area (Å²) >= 11 is 5.37.